The first-order valence-corrected chi connectivity index (χ1v) is 31.0. The molecule has 0 saturated carbocycles. The lowest BCUT2D eigenvalue weighted by atomic mass is 9.34. The van der Waals surface area contributed by atoms with E-state index < -0.39 is 0 Å². The summed E-state index contributed by atoms with van der Waals surface area (Å²) in [4.78, 5) is 5.42. The van der Waals surface area contributed by atoms with E-state index in [4.69, 9.17) is 0 Å². The Kier molecular flexibility index (Phi) is 13.4. The van der Waals surface area contributed by atoms with Crippen LogP contribution in [-0.4, -0.2) is 15.8 Å². The maximum atomic E-state index is 2.74. The average Bonchev–Trinajstić information content (AvgIpc) is 4.16. The van der Waals surface area contributed by atoms with Crippen LogP contribution < -0.4 is 21.3 Å². The van der Waals surface area contributed by atoms with Crippen molar-refractivity contribution >= 4 is 95.5 Å². The molecule has 82 heavy (non-hydrogen) atoms. The summed E-state index contributed by atoms with van der Waals surface area (Å²) in [6, 6.07) is 83.2. The molecule has 14 rings (SSSR count). The van der Waals surface area contributed by atoms with Gasteiger partial charge >= 0.3 is 0 Å². The fourth-order valence-electron chi connectivity index (χ4n) is 14.2. The number of aryl methyl sites for hydroxylation is 1. The minimum Gasteiger partial charge on any atom is -0.310 e. The Labute approximate surface area is 489 Å². The van der Waals surface area contributed by atoms with E-state index >= 15 is 0 Å². The molecule has 0 unspecified atom stereocenters. The number of benzene rings is 10. The summed E-state index contributed by atoms with van der Waals surface area (Å²) in [7, 11) is 0. The number of aromatic nitrogens is 2. The second kappa shape index (κ2) is 21.1. The van der Waals surface area contributed by atoms with E-state index in [0.29, 0.717) is 11.8 Å². The molecular formula is C77H72BN3S. The summed E-state index contributed by atoms with van der Waals surface area (Å²) in [5.41, 5.74) is 22.5. The largest absolute Gasteiger partial charge is 0.310 e. The van der Waals surface area contributed by atoms with Gasteiger partial charge in [0.1, 0.15) is 0 Å². The van der Waals surface area contributed by atoms with Crippen molar-refractivity contribution in [3.8, 4) is 33.6 Å². The van der Waals surface area contributed by atoms with Gasteiger partial charge in [0, 0.05) is 65.2 Å². The van der Waals surface area contributed by atoms with Crippen LogP contribution in [0.3, 0.4) is 0 Å². The van der Waals surface area contributed by atoms with Gasteiger partial charge < -0.3 is 14.0 Å². The lowest BCUT2D eigenvalue weighted by Crippen LogP contribution is -2.60. The molecule has 3 nitrogen and oxygen atoms in total. The highest BCUT2D eigenvalue weighted by Gasteiger charge is 2.43. The Morgan fingerprint density at radius 3 is 1.43 bits per heavy atom. The molecule has 12 aromatic rings. The molecule has 0 spiro atoms. The highest BCUT2D eigenvalue weighted by molar-refractivity contribution is 8.00. The van der Waals surface area contributed by atoms with E-state index in [1.54, 1.807) is 0 Å². The number of hydrogen-bond acceptors (Lipinski definition) is 2. The number of fused-ring (bicyclic) bond motifs is 10. The van der Waals surface area contributed by atoms with Crippen LogP contribution in [0.2, 0.25) is 0 Å². The SMILES string of the molecule is CC(C)CC(CCCCc1cc2c3c(c1)N(c1c(-c4ccccc4)cc(C(C)(C)C)cc1-c1ccccc1)c1cc(-n4c5ccccc5c5ccccc54)ccc1B3c1ccc(-n3c4ccccc4c4ccccc43)cc1S2)CC(C)C. The minimum absolute atomic E-state index is 0.0111. The topological polar surface area (TPSA) is 13.1 Å². The number of rotatable bonds is 14. The predicted octanol–water partition coefficient (Wildman–Crippen LogP) is 19.7. The van der Waals surface area contributed by atoms with Gasteiger partial charge in [-0.25, -0.2) is 0 Å². The van der Waals surface area contributed by atoms with Gasteiger partial charge in [0.15, 0.2) is 0 Å². The Bertz CT molecular complexity index is 4210. The van der Waals surface area contributed by atoms with Crippen LogP contribution in [0.25, 0.3) is 77.2 Å². The Morgan fingerprint density at radius 1 is 0.451 bits per heavy atom. The van der Waals surface area contributed by atoms with Gasteiger partial charge in [0.05, 0.1) is 27.8 Å². The highest BCUT2D eigenvalue weighted by atomic mass is 32.2. The van der Waals surface area contributed by atoms with E-state index in [2.05, 4.69) is 281 Å². The molecule has 4 heterocycles. The van der Waals surface area contributed by atoms with E-state index in [0.717, 1.165) is 24.4 Å². The van der Waals surface area contributed by atoms with Crippen LogP contribution in [0.4, 0.5) is 17.1 Å². The number of para-hydroxylation sites is 4. The maximum absolute atomic E-state index is 2.74. The summed E-state index contributed by atoms with van der Waals surface area (Å²) < 4.78 is 4.99. The Hall–Kier alpha value is -7.99. The molecule has 0 aliphatic carbocycles. The van der Waals surface area contributed by atoms with Gasteiger partial charge in [-0.05, 0) is 155 Å². The van der Waals surface area contributed by atoms with Crippen molar-refractivity contribution in [1.82, 2.24) is 9.13 Å². The predicted molar refractivity (Wildman–Crippen MR) is 355 cm³/mol. The Morgan fingerprint density at radius 2 is 0.927 bits per heavy atom. The van der Waals surface area contributed by atoms with Crippen LogP contribution in [0.1, 0.15) is 91.7 Å². The lowest BCUT2D eigenvalue weighted by Gasteiger charge is -2.42. The van der Waals surface area contributed by atoms with Gasteiger partial charge in [-0.15, -0.1) is 0 Å². The van der Waals surface area contributed by atoms with Gasteiger partial charge in [-0.2, -0.15) is 0 Å². The van der Waals surface area contributed by atoms with Crippen LogP contribution in [0.5, 0.6) is 0 Å². The molecule has 0 fully saturated rings. The normalized spacial score (nSPS) is 13.1. The van der Waals surface area contributed by atoms with Gasteiger partial charge in [0.25, 0.3) is 0 Å². The smallest absolute Gasteiger partial charge is 0.249 e. The maximum Gasteiger partial charge on any atom is 0.249 e. The summed E-state index contributed by atoms with van der Waals surface area (Å²) in [5, 5.41) is 5.09. The Balaban J connectivity index is 1.04. The lowest BCUT2D eigenvalue weighted by molar-refractivity contribution is 0.317. The van der Waals surface area contributed by atoms with Crippen molar-refractivity contribution in [3.05, 3.63) is 230 Å². The van der Waals surface area contributed by atoms with E-state index in [1.807, 2.05) is 11.8 Å². The number of nitrogens with zero attached hydrogens (tertiary/aromatic N) is 3. The van der Waals surface area contributed by atoms with Crippen LogP contribution in [0.15, 0.2) is 228 Å². The average molecular weight is 1080 g/mol. The molecule has 2 aliphatic rings. The molecule has 0 saturated heterocycles. The third-order valence-electron chi connectivity index (χ3n) is 17.8. The van der Waals surface area contributed by atoms with Crippen molar-refractivity contribution in [2.75, 3.05) is 4.90 Å². The summed E-state index contributed by atoms with van der Waals surface area (Å²) in [5.74, 6) is 2.19. The zero-order valence-electron chi connectivity index (χ0n) is 48.6. The van der Waals surface area contributed by atoms with E-state index in [9.17, 15) is 0 Å². The van der Waals surface area contributed by atoms with E-state index in [1.165, 1.54) is 152 Å². The van der Waals surface area contributed by atoms with Crippen LogP contribution >= 0.6 is 11.8 Å². The van der Waals surface area contributed by atoms with Gasteiger partial charge in [-0.3, -0.25) is 0 Å². The van der Waals surface area contributed by atoms with Crippen LogP contribution in [-0.2, 0) is 11.8 Å². The zero-order valence-corrected chi connectivity index (χ0v) is 49.4. The number of hydrogen-bond donors (Lipinski definition) is 0. The molecule has 0 amide bonds. The van der Waals surface area contributed by atoms with E-state index in [-0.39, 0.29) is 12.1 Å². The fraction of sp³-hybridized carbons (Fsp3) is 0.221. The molecule has 404 valence electrons. The molecule has 0 radical (unpaired) electrons. The minimum atomic E-state index is -0.110. The number of unbranched alkanes of at least 4 members (excludes halogenated alkanes) is 1. The van der Waals surface area contributed by atoms with Crippen molar-refractivity contribution in [1.29, 1.82) is 0 Å². The molecule has 2 aliphatic heterocycles. The molecule has 0 bridgehead atoms. The summed E-state index contributed by atoms with van der Waals surface area (Å²) in [6.07, 6.45) is 7.32. The van der Waals surface area contributed by atoms with Crippen LogP contribution in [0, 0.1) is 17.8 Å². The first-order chi connectivity index (χ1) is 40.0. The standard InChI is InChI=1S/C77H72BN3S/c1-50(2)42-52(43-51(3)4)24-14-15-25-53-44-72-75-74(45-53)82-73-49-58(80-69-36-22-18-32-61(69)62-33-19-23-37-70(62)80)39-41-66(73)78(75)65-40-38-57(79-67-34-20-16-30-59(67)60-31-17-21-35-68(60)79)48-71(65)81(72)76-63(54-26-10-8-11-27-54)46-56(77(5,6)7)47-64(76)55-28-12-9-13-29-55/h8-13,16-23,26-41,44-52H,14-15,24-25,42-43H2,1-7H3. The molecule has 10 aromatic carbocycles. The van der Waals surface area contributed by atoms with Crippen molar-refractivity contribution in [2.24, 2.45) is 17.8 Å². The molecular weight excluding hydrogens is 1010 g/mol. The zero-order chi connectivity index (χ0) is 55.8. The molecule has 0 atom stereocenters. The molecule has 5 heteroatoms. The van der Waals surface area contributed by atoms with Gasteiger partial charge in [-0.1, -0.05) is 224 Å². The van der Waals surface area contributed by atoms with Crippen molar-refractivity contribution in [2.45, 2.75) is 102 Å². The second-order valence-corrected chi connectivity index (χ2v) is 26.5. The molecule has 0 N–H and O–H groups in total. The first-order valence-electron chi connectivity index (χ1n) is 30.2. The van der Waals surface area contributed by atoms with Gasteiger partial charge in [0.2, 0.25) is 6.71 Å². The van der Waals surface area contributed by atoms with Crippen molar-refractivity contribution in [3.63, 3.8) is 0 Å². The summed E-state index contributed by atoms with van der Waals surface area (Å²) in [6.45, 7) is 16.7. The fourth-order valence-corrected chi connectivity index (χ4v) is 15.5. The quantitative estimate of drug-likeness (QED) is 0.0795. The highest BCUT2D eigenvalue weighted by Crippen LogP contribution is 2.52. The van der Waals surface area contributed by atoms with Crippen molar-refractivity contribution < 1.29 is 0 Å². The summed E-state index contributed by atoms with van der Waals surface area (Å²) >= 11 is 1.98. The third kappa shape index (κ3) is 9.17. The number of anilines is 3. The monoisotopic (exact) mass is 1080 g/mol. The molecule has 2 aromatic heterocycles. The first kappa shape index (κ1) is 52.1. The second-order valence-electron chi connectivity index (χ2n) is 25.4. The third-order valence-corrected chi connectivity index (χ3v) is 18.9.